The van der Waals surface area contributed by atoms with E-state index in [1.54, 1.807) is 11.3 Å². The number of likely N-dealkylation sites (tertiary alicyclic amines) is 1. The normalized spacial score (nSPS) is 22.2. The zero-order valence-electron chi connectivity index (χ0n) is 14.4. The molecule has 4 heterocycles. The Balaban J connectivity index is 0.00000182. The van der Waals surface area contributed by atoms with Gasteiger partial charge < -0.3 is 15.2 Å². The first-order valence-corrected chi connectivity index (χ1v) is 9.32. The molecule has 0 radical (unpaired) electrons. The predicted octanol–water partition coefficient (Wildman–Crippen LogP) is 1.63. The molecule has 2 atom stereocenters. The van der Waals surface area contributed by atoms with Crippen LogP contribution in [0.3, 0.4) is 0 Å². The molecule has 8 heteroatoms. The van der Waals surface area contributed by atoms with Gasteiger partial charge in [-0.05, 0) is 31.2 Å². The van der Waals surface area contributed by atoms with Gasteiger partial charge in [-0.1, -0.05) is 0 Å². The van der Waals surface area contributed by atoms with Crippen LogP contribution >= 0.6 is 23.7 Å². The lowest BCUT2D eigenvalue weighted by Crippen LogP contribution is -2.32. The van der Waals surface area contributed by atoms with Crippen molar-refractivity contribution in [2.45, 2.75) is 26.7 Å². The quantitative estimate of drug-likeness (QED) is 0.845. The Labute approximate surface area is 156 Å². The number of aryl methyl sites for hydroxylation is 3. The Bertz CT molecular complexity index is 850. The van der Waals surface area contributed by atoms with Crippen LogP contribution in [-0.2, 0) is 11.2 Å². The van der Waals surface area contributed by atoms with Crippen molar-refractivity contribution in [3.8, 4) is 0 Å². The molecule has 6 nitrogen and oxygen atoms in total. The van der Waals surface area contributed by atoms with Crippen molar-refractivity contribution in [3.05, 3.63) is 26.6 Å². The molecule has 2 aliphatic heterocycles. The fourth-order valence-electron chi connectivity index (χ4n) is 3.86. The maximum Gasteiger partial charge on any atom is 0.259 e. The number of fused-ring (bicyclic) bond motifs is 2. The predicted molar refractivity (Wildman–Crippen MR) is 102 cm³/mol. The summed E-state index contributed by atoms with van der Waals surface area (Å²) in [5, 5.41) is 4.07. The summed E-state index contributed by atoms with van der Waals surface area (Å²) < 4.78 is 0. The zero-order chi connectivity index (χ0) is 16.8. The van der Waals surface area contributed by atoms with Crippen molar-refractivity contribution < 1.29 is 4.79 Å². The molecular formula is C17H23ClN4O2S. The number of halogens is 1. The van der Waals surface area contributed by atoms with Crippen molar-refractivity contribution in [2.75, 3.05) is 26.2 Å². The minimum atomic E-state index is -0.0916. The number of amides is 1. The highest BCUT2D eigenvalue weighted by atomic mass is 35.5. The summed E-state index contributed by atoms with van der Waals surface area (Å²) in [5.74, 6) is 2.01. The highest BCUT2D eigenvalue weighted by Crippen LogP contribution is 2.27. The average Bonchev–Trinajstić information content (AvgIpc) is 3.19. The van der Waals surface area contributed by atoms with Gasteiger partial charge >= 0.3 is 0 Å². The Morgan fingerprint density at radius 2 is 1.96 bits per heavy atom. The summed E-state index contributed by atoms with van der Waals surface area (Å²) in [6.45, 7) is 7.73. The number of aromatic amines is 1. The number of H-pyrrole nitrogens is 1. The van der Waals surface area contributed by atoms with Crippen molar-refractivity contribution in [1.29, 1.82) is 0 Å². The monoisotopic (exact) mass is 382 g/mol. The Kier molecular flexibility index (Phi) is 5.18. The summed E-state index contributed by atoms with van der Waals surface area (Å²) in [6.07, 6.45) is 0.898. The van der Waals surface area contributed by atoms with Crippen LogP contribution in [0.5, 0.6) is 0 Å². The van der Waals surface area contributed by atoms with Gasteiger partial charge in [-0.15, -0.1) is 23.7 Å². The number of hydrogen-bond donors (Lipinski definition) is 2. The minimum Gasteiger partial charge on any atom is -0.342 e. The molecule has 0 aromatic carbocycles. The summed E-state index contributed by atoms with van der Waals surface area (Å²) >= 11 is 1.54. The van der Waals surface area contributed by atoms with Crippen LogP contribution in [0.25, 0.3) is 10.2 Å². The van der Waals surface area contributed by atoms with E-state index in [1.165, 1.54) is 0 Å². The largest absolute Gasteiger partial charge is 0.342 e. The number of thiophene rings is 1. The molecule has 2 saturated heterocycles. The van der Waals surface area contributed by atoms with Crippen LogP contribution in [0, 0.1) is 25.7 Å². The number of hydrogen-bond acceptors (Lipinski definition) is 5. The number of rotatable bonds is 3. The molecule has 0 bridgehead atoms. The van der Waals surface area contributed by atoms with Crippen LogP contribution in [0.2, 0.25) is 0 Å². The van der Waals surface area contributed by atoms with Gasteiger partial charge in [0.2, 0.25) is 5.91 Å². The van der Waals surface area contributed by atoms with E-state index in [2.05, 4.69) is 15.3 Å². The lowest BCUT2D eigenvalue weighted by Gasteiger charge is -2.17. The third kappa shape index (κ3) is 3.32. The third-order valence-electron chi connectivity index (χ3n) is 5.41. The highest BCUT2D eigenvalue weighted by Gasteiger charge is 2.37. The van der Waals surface area contributed by atoms with E-state index in [4.69, 9.17) is 0 Å². The first-order chi connectivity index (χ1) is 11.5. The van der Waals surface area contributed by atoms with Crippen LogP contribution in [0.4, 0.5) is 0 Å². The summed E-state index contributed by atoms with van der Waals surface area (Å²) in [5.41, 5.74) is 0.912. The molecule has 2 N–H and O–H groups in total. The van der Waals surface area contributed by atoms with E-state index in [-0.39, 0.29) is 23.9 Å². The Morgan fingerprint density at radius 3 is 2.64 bits per heavy atom. The van der Waals surface area contributed by atoms with Crippen LogP contribution in [0.1, 0.15) is 22.7 Å². The van der Waals surface area contributed by atoms with Crippen LogP contribution in [-0.4, -0.2) is 47.0 Å². The smallest absolute Gasteiger partial charge is 0.259 e. The van der Waals surface area contributed by atoms with Gasteiger partial charge in [-0.2, -0.15) is 0 Å². The molecule has 0 unspecified atom stereocenters. The van der Waals surface area contributed by atoms with E-state index >= 15 is 0 Å². The lowest BCUT2D eigenvalue weighted by molar-refractivity contribution is -0.130. The second kappa shape index (κ2) is 7.05. The molecular weight excluding hydrogens is 360 g/mol. The standard InChI is InChI=1S/C17H22N4O2S.ClH/c1-9-10(2)24-17-15(9)16(23)19-13(20-17)3-4-14(22)21-7-11-5-18-6-12(11)8-21;/h11-12,18H,3-8H2,1-2H3,(H,19,20,23);1H/t11-,12+;. The number of aromatic nitrogens is 2. The third-order valence-corrected chi connectivity index (χ3v) is 6.51. The SMILES string of the molecule is Cc1sc2nc(CCC(=O)N3C[C@H]4CNC[C@H]4C3)[nH]c(=O)c2c1C.Cl. The van der Waals surface area contributed by atoms with Gasteiger partial charge in [0.05, 0.1) is 5.39 Å². The highest BCUT2D eigenvalue weighted by molar-refractivity contribution is 7.18. The van der Waals surface area contributed by atoms with E-state index in [9.17, 15) is 9.59 Å². The Hall–Kier alpha value is -1.44. The van der Waals surface area contributed by atoms with Crippen molar-refractivity contribution in [3.63, 3.8) is 0 Å². The maximum absolute atomic E-state index is 12.4. The fraction of sp³-hybridized carbons (Fsp3) is 0.588. The number of carbonyl (C=O) groups is 1. The summed E-state index contributed by atoms with van der Waals surface area (Å²) in [7, 11) is 0. The van der Waals surface area contributed by atoms with Gasteiger partial charge in [-0.3, -0.25) is 9.59 Å². The topological polar surface area (TPSA) is 78.1 Å². The first kappa shape index (κ1) is 18.4. The van der Waals surface area contributed by atoms with E-state index < -0.39 is 0 Å². The van der Waals surface area contributed by atoms with Crippen LogP contribution < -0.4 is 10.9 Å². The maximum atomic E-state index is 12.4. The second-order valence-electron chi connectivity index (χ2n) is 6.95. The number of nitrogens with one attached hydrogen (secondary N) is 2. The van der Waals surface area contributed by atoms with Crippen LogP contribution in [0.15, 0.2) is 4.79 Å². The van der Waals surface area contributed by atoms with E-state index in [0.717, 1.165) is 41.5 Å². The van der Waals surface area contributed by atoms with Crippen molar-refractivity contribution in [2.24, 2.45) is 11.8 Å². The molecule has 2 fully saturated rings. The van der Waals surface area contributed by atoms with Gasteiger partial charge in [-0.25, -0.2) is 4.98 Å². The number of nitrogens with zero attached hydrogens (tertiary/aromatic N) is 2. The molecule has 2 aliphatic rings. The molecule has 136 valence electrons. The molecule has 0 spiro atoms. The van der Waals surface area contributed by atoms with E-state index in [0.29, 0.717) is 35.9 Å². The van der Waals surface area contributed by atoms with Gasteiger partial charge in [0.25, 0.3) is 5.56 Å². The number of carbonyl (C=O) groups excluding carboxylic acids is 1. The molecule has 25 heavy (non-hydrogen) atoms. The molecule has 0 saturated carbocycles. The average molecular weight is 383 g/mol. The molecule has 2 aromatic rings. The lowest BCUT2D eigenvalue weighted by atomic mass is 10.0. The molecule has 0 aliphatic carbocycles. The minimum absolute atomic E-state index is 0. The fourth-order valence-corrected chi connectivity index (χ4v) is 4.91. The molecule has 4 rings (SSSR count). The molecule has 2 aromatic heterocycles. The summed E-state index contributed by atoms with van der Waals surface area (Å²) in [6, 6.07) is 0. The second-order valence-corrected chi connectivity index (χ2v) is 8.16. The first-order valence-electron chi connectivity index (χ1n) is 8.50. The Morgan fingerprint density at radius 1 is 1.28 bits per heavy atom. The zero-order valence-corrected chi connectivity index (χ0v) is 16.1. The van der Waals surface area contributed by atoms with Crippen molar-refractivity contribution in [1.82, 2.24) is 20.2 Å². The van der Waals surface area contributed by atoms with Crippen molar-refractivity contribution >= 4 is 39.9 Å². The summed E-state index contributed by atoms with van der Waals surface area (Å²) in [4.78, 5) is 36.0. The molecule has 1 amide bonds. The van der Waals surface area contributed by atoms with E-state index in [1.807, 2.05) is 18.7 Å². The van der Waals surface area contributed by atoms with Gasteiger partial charge in [0, 0.05) is 43.9 Å². The van der Waals surface area contributed by atoms with Gasteiger partial charge in [0.1, 0.15) is 10.7 Å². The van der Waals surface area contributed by atoms with Gasteiger partial charge in [0.15, 0.2) is 0 Å².